The summed E-state index contributed by atoms with van der Waals surface area (Å²) in [7, 11) is 0. The Balaban J connectivity index is 0.00000154. The maximum Gasteiger partial charge on any atom is 0.0752 e. The highest BCUT2D eigenvalue weighted by Crippen LogP contribution is 2.03. The van der Waals surface area contributed by atoms with Crippen molar-refractivity contribution in [3.63, 3.8) is 0 Å². The molecule has 1 unspecified atom stereocenters. The van der Waals surface area contributed by atoms with Crippen LogP contribution in [0.2, 0.25) is 0 Å². The topological polar surface area (TPSA) is 32.3 Å². The highest BCUT2D eigenvalue weighted by Gasteiger charge is 2.04. The summed E-state index contributed by atoms with van der Waals surface area (Å²) in [5.41, 5.74) is 2.20. The molecule has 1 rings (SSSR count). The van der Waals surface area contributed by atoms with Crippen molar-refractivity contribution < 1.29 is 5.11 Å². The van der Waals surface area contributed by atoms with E-state index in [1.165, 1.54) is 0 Å². The fourth-order valence-corrected chi connectivity index (χ4v) is 1.63. The molecule has 2 heteroatoms. The van der Waals surface area contributed by atoms with E-state index in [4.69, 9.17) is 0 Å². The summed E-state index contributed by atoms with van der Waals surface area (Å²) < 4.78 is 0. The van der Waals surface area contributed by atoms with E-state index in [1.54, 1.807) is 0 Å². The van der Waals surface area contributed by atoms with Gasteiger partial charge in [0.05, 0.1) is 6.10 Å². The first-order valence-corrected chi connectivity index (χ1v) is 7.01. The Bertz CT molecular complexity index is 368. The van der Waals surface area contributed by atoms with Gasteiger partial charge in [0.25, 0.3) is 0 Å². The monoisotopic (exact) mass is 261 g/mol. The summed E-state index contributed by atoms with van der Waals surface area (Å²) in [5.74, 6) is 0. The van der Waals surface area contributed by atoms with Gasteiger partial charge in [0.15, 0.2) is 0 Å². The maximum atomic E-state index is 9.90. The van der Waals surface area contributed by atoms with Crippen LogP contribution >= 0.6 is 0 Å². The summed E-state index contributed by atoms with van der Waals surface area (Å²) in [4.78, 5) is 0. The first-order valence-electron chi connectivity index (χ1n) is 7.01. The molecule has 1 aromatic carbocycles. The van der Waals surface area contributed by atoms with E-state index >= 15 is 0 Å². The number of hydrogen-bond acceptors (Lipinski definition) is 2. The van der Waals surface area contributed by atoms with Crippen LogP contribution < -0.4 is 5.32 Å². The number of hydrogen-bond donors (Lipinski definition) is 2. The minimum absolute atomic E-state index is 0.363. The number of nitrogens with one attached hydrogen (secondary N) is 1. The smallest absolute Gasteiger partial charge is 0.0752 e. The molecule has 0 radical (unpaired) electrons. The minimum atomic E-state index is -0.363. The van der Waals surface area contributed by atoms with Gasteiger partial charge in [-0.25, -0.2) is 0 Å². The largest absolute Gasteiger partial charge is 0.391 e. The Morgan fingerprint density at radius 1 is 1.21 bits per heavy atom. The van der Waals surface area contributed by atoms with Crippen LogP contribution in [0.3, 0.4) is 0 Å². The SMILES string of the molecule is C/C=C\C(=C/C)NCC(O)Cc1ccccc1.CC. The van der Waals surface area contributed by atoms with Crippen LogP contribution in [0.25, 0.3) is 0 Å². The van der Waals surface area contributed by atoms with Crippen LogP contribution in [0.5, 0.6) is 0 Å². The third-order valence-corrected chi connectivity index (χ3v) is 2.51. The lowest BCUT2D eigenvalue weighted by Crippen LogP contribution is -2.27. The zero-order valence-electron chi connectivity index (χ0n) is 12.6. The van der Waals surface area contributed by atoms with Crippen LogP contribution in [-0.4, -0.2) is 17.8 Å². The van der Waals surface area contributed by atoms with Gasteiger partial charge in [-0.2, -0.15) is 0 Å². The molecule has 0 heterocycles. The van der Waals surface area contributed by atoms with Crippen LogP contribution in [0.4, 0.5) is 0 Å². The molecule has 0 bridgehead atoms. The molecule has 0 saturated carbocycles. The molecule has 0 aliphatic carbocycles. The molecular weight excluding hydrogens is 234 g/mol. The van der Waals surface area contributed by atoms with Crippen molar-refractivity contribution in [2.45, 2.75) is 40.2 Å². The van der Waals surface area contributed by atoms with E-state index in [2.05, 4.69) is 5.32 Å². The van der Waals surface area contributed by atoms with E-state index in [0.29, 0.717) is 13.0 Å². The third kappa shape index (κ3) is 8.22. The third-order valence-electron chi connectivity index (χ3n) is 2.51. The molecule has 106 valence electrons. The molecule has 0 spiro atoms. The molecule has 0 amide bonds. The Morgan fingerprint density at radius 3 is 2.37 bits per heavy atom. The van der Waals surface area contributed by atoms with Gasteiger partial charge in [0, 0.05) is 18.7 Å². The lowest BCUT2D eigenvalue weighted by Gasteiger charge is -2.13. The van der Waals surface area contributed by atoms with E-state index in [0.717, 1.165) is 11.3 Å². The van der Waals surface area contributed by atoms with Gasteiger partial charge in [0.1, 0.15) is 0 Å². The standard InChI is InChI=1S/C15H21NO.C2H6/c1-3-8-14(4-2)16-12-15(17)11-13-9-6-5-7-10-13;1-2/h3-10,15-17H,11-12H2,1-2H3;1-2H3/b8-3-,14-4+;. The van der Waals surface area contributed by atoms with Crippen LogP contribution in [0, 0.1) is 0 Å². The van der Waals surface area contributed by atoms with Gasteiger partial charge in [-0.3, -0.25) is 0 Å². The van der Waals surface area contributed by atoms with Crippen molar-refractivity contribution in [2.24, 2.45) is 0 Å². The Labute approximate surface area is 117 Å². The Kier molecular flexibility index (Phi) is 10.6. The zero-order valence-corrected chi connectivity index (χ0v) is 12.6. The zero-order chi connectivity index (χ0) is 14.5. The van der Waals surface area contributed by atoms with Crippen molar-refractivity contribution in [3.8, 4) is 0 Å². The molecule has 19 heavy (non-hydrogen) atoms. The summed E-state index contributed by atoms with van der Waals surface area (Å²) >= 11 is 0. The van der Waals surface area contributed by atoms with Crippen LogP contribution in [0.15, 0.2) is 54.3 Å². The number of benzene rings is 1. The van der Waals surface area contributed by atoms with E-state index in [9.17, 15) is 5.11 Å². The van der Waals surface area contributed by atoms with Gasteiger partial charge in [-0.15, -0.1) is 0 Å². The van der Waals surface area contributed by atoms with Crippen molar-refractivity contribution in [2.75, 3.05) is 6.54 Å². The fraction of sp³-hybridized carbons (Fsp3) is 0.412. The molecule has 2 nitrogen and oxygen atoms in total. The van der Waals surface area contributed by atoms with Crippen molar-refractivity contribution in [1.82, 2.24) is 5.32 Å². The van der Waals surface area contributed by atoms with Gasteiger partial charge >= 0.3 is 0 Å². The molecule has 1 atom stereocenters. The minimum Gasteiger partial charge on any atom is -0.391 e. The molecule has 1 aromatic rings. The number of aliphatic hydroxyl groups excluding tert-OH is 1. The summed E-state index contributed by atoms with van der Waals surface area (Å²) in [6.07, 6.45) is 6.29. The maximum absolute atomic E-state index is 9.90. The molecule has 0 aliphatic rings. The highest BCUT2D eigenvalue weighted by atomic mass is 16.3. The number of aliphatic hydroxyl groups is 1. The van der Waals surface area contributed by atoms with Crippen LogP contribution in [0.1, 0.15) is 33.3 Å². The molecule has 0 aliphatic heterocycles. The van der Waals surface area contributed by atoms with Crippen molar-refractivity contribution in [3.05, 3.63) is 59.8 Å². The highest BCUT2D eigenvalue weighted by molar-refractivity contribution is 5.17. The normalized spacial score (nSPS) is 12.8. The summed E-state index contributed by atoms with van der Waals surface area (Å²) in [5, 5.41) is 13.1. The average Bonchev–Trinajstić information content (AvgIpc) is 2.46. The van der Waals surface area contributed by atoms with Gasteiger partial charge < -0.3 is 10.4 Å². The molecular formula is C17H27NO. The second-order valence-electron chi connectivity index (χ2n) is 3.97. The molecule has 0 saturated heterocycles. The molecule has 0 fully saturated rings. The predicted molar refractivity (Wildman–Crippen MR) is 84.1 cm³/mol. The lowest BCUT2D eigenvalue weighted by atomic mass is 10.1. The van der Waals surface area contributed by atoms with E-state index < -0.39 is 0 Å². The fourth-order valence-electron chi connectivity index (χ4n) is 1.63. The van der Waals surface area contributed by atoms with Gasteiger partial charge in [-0.05, 0) is 25.5 Å². The first kappa shape index (κ1) is 17.5. The second kappa shape index (κ2) is 11.5. The summed E-state index contributed by atoms with van der Waals surface area (Å²) in [6.45, 7) is 8.52. The van der Waals surface area contributed by atoms with E-state index in [-0.39, 0.29) is 6.10 Å². The number of rotatable bonds is 6. The van der Waals surface area contributed by atoms with Crippen LogP contribution in [-0.2, 0) is 6.42 Å². The quantitative estimate of drug-likeness (QED) is 0.766. The van der Waals surface area contributed by atoms with Crippen molar-refractivity contribution >= 4 is 0 Å². The molecule has 0 aromatic heterocycles. The van der Waals surface area contributed by atoms with Gasteiger partial charge in [0.2, 0.25) is 0 Å². The number of allylic oxidation sites excluding steroid dienone is 3. The summed E-state index contributed by atoms with van der Waals surface area (Å²) in [6, 6.07) is 10.0. The first-order chi connectivity index (χ1) is 9.26. The Morgan fingerprint density at radius 2 is 1.84 bits per heavy atom. The molecule has 2 N–H and O–H groups in total. The Hall–Kier alpha value is -1.54. The lowest BCUT2D eigenvalue weighted by molar-refractivity contribution is 0.175. The predicted octanol–water partition coefficient (Wildman–Crippen LogP) is 3.69. The van der Waals surface area contributed by atoms with Gasteiger partial charge in [-0.1, -0.05) is 56.3 Å². The van der Waals surface area contributed by atoms with Crippen molar-refractivity contribution in [1.29, 1.82) is 0 Å². The van der Waals surface area contributed by atoms with E-state index in [1.807, 2.05) is 76.3 Å². The average molecular weight is 261 g/mol. The second-order valence-corrected chi connectivity index (χ2v) is 3.97.